The summed E-state index contributed by atoms with van der Waals surface area (Å²) in [4.78, 5) is 28.0. The predicted molar refractivity (Wildman–Crippen MR) is 101 cm³/mol. The van der Waals surface area contributed by atoms with Gasteiger partial charge in [0, 0.05) is 23.1 Å². The Labute approximate surface area is 160 Å². The second-order valence-electron chi connectivity index (χ2n) is 6.05. The molecule has 1 N–H and O–H groups in total. The maximum absolute atomic E-state index is 11.9. The van der Waals surface area contributed by atoms with Crippen LogP contribution in [0.5, 0.6) is 0 Å². The van der Waals surface area contributed by atoms with Crippen LogP contribution in [0, 0.1) is 13.8 Å². The van der Waals surface area contributed by atoms with E-state index >= 15 is 0 Å². The quantitative estimate of drug-likeness (QED) is 0.625. The van der Waals surface area contributed by atoms with Gasteiger partial charge in [-0.15, -0.1) is 0 Å². The van der Waals surface area contributed by atoms with Crippen molar-refractivity contribution in [2.75, 3.05) is 11.9 Å². The van der Waals surface area contributed by atoms with Crippen molar-refractivity contribution >= 4 is 28.9 Å². The Morgan fingerprint density at radius 3 is 2.85 bits per heavy atom. The molecule has 140 valence electrons. The van der Waals surface area contributed by atoms with Crippen molar-refractivity contribution < 1.29 is 18.8 Å². The molecule has 0 aliphatic rings. The SMILES string of the molecule is Cc1ccc(NC(=O)COC(=O)CCc2nc(-c3ccsc3)no2)c(C)c1. The number of hydrogen-bond acceptors (Lipinski definition) is 7. The Bertz CT molecular complexity index is 934. The van der Waals surface area contributed by atoms with Gasteiger partial charge in [-0.2, -0.15) is 16.3 Å². The largest absolute Gasteiger partial charge is 0.456 e. The molecule has 1 amide bonds. The second-order valence-corrected chi connectivity index (χ2v) is 6.83. The number of hydrogen-bond donors (Lipinski definition) is 1. The molecule has 2 aromatic heterocycles. The van der Waals surface area contributed by atoms with Gasteiger partial charge in [-0.1, -0.05) is 22.9 Å². The fourth-order valence-corrected chi connectivity index (χ4v) is 3.07. The van der Waals surface area contributed by atoms with E-state index in [4.69, 9.17) is 9.26 Å². The van der Waals surface area contributed by atoms with E-state index in [0.717, 1.165) is 16.7 Å². The molecule has 1 aromatic carbocycles. The molecule has 0 saturated carbocycles. The molecule has 3 aromatic rings. The molecule has 0 aliphatic carbocycles. The normalized spacial score (nSPS) is 10.6. The summed E-state index contributed by atoms with van der Waals surface area (Å²) in [5.74, 6) is -0.0331. The molecule has 7 nitrogen and oxygen atoms in total. The van der Waals surface area contributed by atoms with Crippen LogP contribution in [0.1, 0.15) is 23.4 Å². The van der Waals surface area contributed by atoms with Gasteiger partial charge in [0.25, 0.3) is 5.91 Å². The summed E-state index contributed by atoms with van der Waals surface area (Å²) in [5.41, 5.74) is 3.64. The molecule has 0 aliphatic heterocycles. The molecule has 0 spiro atoms. The Balaban J connectivity index is 1.42. The lowest BCUT2D eigenvalue weighted by Gasteiger charge is -2.09. The number of amides is 1. The third-order valence-electron chi connectivity index (χ3n) is 3.81. The van der Waals surface area contributed by atoms with Crippen LogP contribution in [0.15, 0.2) is 39.5 Å². The molecule has 0 fully saturated rings. The Hall–Kier alpha value is -3.00. The van der Waals surface area contributed by atoms with Gasteiger partial charge in [-0.05, 0) is 36.9 Å². The van der Waals surface area contributed by atoms with Crippen LogP contribution in [0.3, 0.4) is 0 Å². The van der Waals surface area contributed by atoms with Gasteiger partial charge in [0.1, 0.15) is 0 Å². The van der Waals surface area contributed by atoms with Crippen LogP contribution >= 0.6 is 11.3 Å². The topological polar surface area (TPSA) is 94.3 Å². The Morgan fingerprint density at radius 2 is 2.11 bits per heavy atom. The van der Waals surface area contributed by atoms with Crippen LogP contribution in [0.25, 0.3) is 11.4 Å². The number of aromatic nitrogens is 2. The number of carbonyl (C=O) groups excluding carboxylic acids is 2. The molecule has 3 rings (SSSR count). The standard InChI is InChI=1S/C19H19N3O4S/c1-12-3-4-15(13(2)9-12)20-16(23)10-25-18(24)6-5-17-21-19(22-26-17)14-7-8-27-11-14/h3-4,7-9,11H,5-6,10H2,1-2H3,(H,20,23). The number of carbonyl (C=O) groups is 2. The first-order valence-electron chi connectivity index (χ1n) is 8.39. The van der Waals surface area contributed by atoms with E-state index in [9.17, 15) is 9.59 Å². The minimum atomic E-state index is -0.499. The Morgan fingerprint density at radius 1 is 1.26 bits per heavy atom. The molecule has 8 heteroatoms. The second kappa shape index (κ2) is 8.59. The summed E-state index contributed by atoms with van der Waals surface area (Å²) < 4.78 is 10.1. The minimum Gasteiger partial charge on any atom is -0.456 e. The third kappa shape index (κ3) is 5.24. The number of thiophene rings is 1. The van der Waals surface area contributed by atoms with E-state index < -0.39 is 5.97 Å². The zero-order chi connectivity index (χ0) is 19.2. The number of ether oxygens (including phenoxy) is 1. The van der Waals surface area contributed by atoms with Gasteiger partial charge in [0.05, 0.1) is 6.42 Å². The van der Waals surface area contributed by atoms with Gasteiger partial charge in [-0.25, -0.2) is 0 Å². The number of aryl methyl sites for hydroxylation is 3. The highest BCUT2D eigenvalue weighted by Crippen LogP contribution is 2.19. The monoisotopic (exact) mass is 385 g/mol. The first kappa shape index (κ1) is 18.8. The third-order valence-corrected chi connectivity index (χ3v) is 4.49. The molecular weight excluding hydrogens is 366 g/mol. The molecule has 2 heterocycles. The van der Waals surface area contributed by atoms with Gasteiger partial charge < -0.3 is 14.6 Å². The van der Waals surface area contributed by atoms with E-state index in [-0.39, 0.29) is 25.4 Å². The molecular formula is C19H19N3O4S. The van der Waals surface area contributed by atoms with Crippen molar-refractivity contribution in [3.8, 4) is 11.4 Å². The minimum absolute atomic E-state index is 0.0576. The van der Waals surface area contributed by atoms with Crippen LogP contribution in [-0.2, 0) is 20.7 Å². The predicted octanol–water partition coefficient (Wildman–Crippen LogP) is 3.53. The summed E-state index contributed by atoms with van der Waals surface area (Å²) in [7, 11) is 0. The average molecular weight is 385 g/mol. The molecule has 0 bridgehead atoms. The molecule has 0 atom stereocenters. The van der Waals surface area contributed by atoms with Crippen LogP contribution < -0.4 is 5.32 Å². The van der Waals surface area contributed by atoms with E-state index in [2.05, 4.69) is 15.5 Å². The first-order valence-corrected chi connectivity index (χ1v) is 9.33. The van der Waals surface area contributed by atoms with Crippen molar-refractivity contribution in [3.05, 3.63) is 52.0 Å². The highest BCUT2D eigenvalue weighted by atomic mass is 32.1. The van der Waals surface area contributed by atoms with E-state index in [1.54, 1.807) is 0 Å². The lowest BCUT2D eigenvalue weighted by Crippen LogP contribution is -2.21. The smallest absolute Gasteiger partial charge is 0.306 e. The lowest BCUT2D eigenvalue weighted by molar-refractivity contribution is -0.147. The van der Waals surface area contributed by atoms with Gasteiger partial charge in [-0.3, -0.25) is 9.59 Å². The number of anilines is 1. The molecule has 0 radical (unpaired) electrons. The number of rotatable bonds is 7. The van der Waals surface area contributed by atoms with Crippen molar-refractivity contribution in [1.82, 2.24) is 10.1 Å². The fraction of sp³-hybridized carbons (Fsp3) is 0.263. The number of nitrogens with one attached hydrogen (secondary N) is 1. The number of esters is 1. The maximum atomic E-state index is 11.9. The van der Waals surface area contributed by atoms with E-state index in [1.165, 1.54) is 11.3 Å². The van der Waals surface area contributed by atoms with Crippen LogP contribution in [0.2, 0.25) is 0 Å². The molecule has 27 heavy (non-hydrogen) atoms. The van der Waals surface area contributed by atoms with E-state index in [1.807, 2.05) is 48.9 Å². The summed E-state index contributed by atoms with van der Waals surface area (Å²) in [6, 6.07) is 7.59. The number of nitrogens with zero attached hydrogens (tertiary/aromatic N) is 2. The van der Waals surface area contributed by atoms with E-state index in [0.29, 0.717) is 17.4 Å². The summed E-state index contributed by atoms with van der Waals surface area (Å²) in [5, 5.41) is 10.4. The maximum Gasteiger partial charge on any atom is 0.306 e. The van der Waals surface area contributed by atoms with Crippen molar-refractivity contribution in [2.24, 2.45) is 0 Å². The lowest BCUT2D eigenvalue weighted by atomic mass is 10.1. The van der Waals surface area contributed by atoms with Crippen LogP contribution in [0.4, 0.5) is 5.69 Å². The van der Waals surface area contributed by atoms with Gasteiger partial charge in [0.2, 0.25) is 11.7 Å². The molecule has 0 unspecified atom stereocenters. The number of benzene rings is 1. The summed E-state index contributed by atoms with van der Waals surface area (Å²) in [6.45, 7) is 3.55. The Kier molecular flexibility index (Phi) is 5.97. The summed E-state index contributed by atoms with van der Waals surface area (Å²) >= 11 is 1.54. The average Bonchev–Trinajstić information content (AvgIpc) is 3.32. The zero-order valence-electron chi connectivity index (χ0n) is 15.0. The van der Waals surface area contributed by atoms with Crippen molar-refractivity contribution in [3.63, 3.8) is 0 Å². The first-order chi connectivity index (χ1) is 13.0. The van der Waals surface area contributed by atoms with Crippen molar-refractivity contribution in [2.45, 2.75) is 26.7 Å². The van der Waals surface area contributed by atoms with Gasteiger partial charge >= 0.3 is 5.97 Å². The molecule has 0 saturated heterocycles. The summed E-state index contributed by atoms with van der Waals surface area (Å²) in [6.07, 6.45) is 0.316. The van der Waals surface area contributed by atoms with Crippen LogP contribution in [-0.4, -0.2) is 28.6 Å². The highest BCUT2D eigenvalue weighted by molar-refractivity contribution is 7.08. The fourth-order valence-electron chi connectivity index (χ4n) is 2.43. The van der Waals surface area contributed by atoms with Gasteiger partial charge in [0.15, 0.2) is 6.61 Å². The zero-order valence-corrected chi connectivity index (χ0v) is 15.8. The highest BCUT2D eigenvalue weighted by Gasteiger charge is 2.13. The van der Waals surface area contributed by atoms with Crippen molar-refractivity contribution in [1.29, 1.82) is 0 Å².